The van der Waals surface area contributed by atoms with E-state index < -0.39 is 0 Å². The quantitative estimate of drug-likeness (QED) is 0.639. The minimum absolute atomic E-state index is 0.0298. The second-order valence-electron chi connectivity index (χ2n) is 4.80. The Balaban J connectivity index is 2.57. The zero-order chi connectivity index (χ0) is 15.0. The summed E-state index contributed by atoms with van der Waals surface area (Å²) in [4.78, 5) is 24.7. The first-order chi connectivity index (χ1) is 9.54. The van der Waals surface area contributed by atoms with Gasteiger partial charge in [0.1, 0.15) is 0 Å². The van der Waals surface area contributed by atoms with Gasteiger partial charge >= 0.3 is 0 Å². The predicted octanol–water partition coefficient (Wildman–Crippen LogP) is 2.32. The first-order valence-corrected chi connectivity index (χ1v) is 6.82. The fourth-order valence-corrected chi connectivity index (χ4v) is 1.61. The Bertz CT molecular complexity index is 476. The highest BCUT2D eigenvalue weighted by Crippen LogP contribution is 2.07. The molecule has 4 nitrogen and oxygen atoms in total. The second kappa shape index (κ2) is 8.15. The molecule has 0 fully saturated rings. The van der Waals surface area contributed by atoms with Crippen molar-refractivity contribution in [1.82, 2.24) is 10.2 Å². The van der Waals surface area contributed by atoms with E-state index in [9.17, 15) is 9.59 Å². The number of amides is 2. The number of carbonyl (C=O) groups is 2. The molecule has 0 unspecified atom stereocenters. The Kier molecular flexibility index (Phi) is 6.50. The molecule has 0 aromatic heterocycles. The van der Waals surface area contributed by atoms with E-state index in [1.165, 1.54) is 11.0 Å². The molecule has 0 aliphatic carbocycles. The number of unbranched alkanes of at least 4 members (excludes halogenated alkanes) is 1. The lowest BCUT2D eigenvalue weighted by molar-refractivity contribution is -0.116. The molecular weight excluding hydrogens is 252 g/mol. The van der Waals surface area contributed by atoms with Crippen molar-refractivity contribution in [3.8, 4) is 0 Å². The van der Waals surface area contributed by atoms with Crippen LogP contribution in [0, 0.1) is 0 Å². The van der Waals surface area contributed by atoms with Gasteiger partial charge in [0.2, 0.25) is 5.91 Å². The molecule has 0 heterocycles. The zero-order valence-corrected chi connectivity index (χ0v) is 12.3. The zero-order valence-electron chi connectivity index (χ0n) is 12.3. The van der Waals surface area contributed by atoms with E-state index >= 15 is 0 Å². The first-order valence-electron chi connectivity index (χ1n) is 6.82. The van der Waals surface area contributed by atoms with Gasteiger partial charge in [-0.1, -0.05) is 25.5 Å². The van der Waals surface area contributed by atoms with Crippen molar-refractivity contribution in [1.29, 1.82) is 0 Å². The summed E-state index contributed by atoms with van der Waals surface area (Å²) in [5, 5.41) is 2.81. The van der Waals surface area contributed by atoms with Crippen LogP contribution in [0.15, 0.2) is 30.3 Å². The van der Waals surface area contributed by atoms with Crippen LogP contribution in [0.25, 0.3) is 6.08 Å². The van der Waals surface area contributed by atoms with E-state index in [1.54, 1.807) is 32.3 Å². The second-order valence-corrected chi connectivity index (χ2v) is 4.80. The van der Waals surface area contributed by atoms with Crippen molar-refractivity contribution in [2.45, 2.75) is 19.8 Å². The number of rotatable bonds is 6. The van der Waals surface area contributed by atoms with E-state index in [-0.39, 0.29) is 11.8 Å². The molecule has 0 aliphatic rings. The highest BCUT2D eigenvalue weighted by Gasteiger charge is 2.06. The van der Waals surface area contributed by atoms with Crippen LogP contribution in [0.2, 0.25) is 0 Å². The van der Waals surface area contributed by atoms with Gasteiger partial charge in [0.25, 0.3) is 5.91 Å². The average Bonchev–Trinajstić information content (AvgIpc) is 2.45. The van der Waals surface area contributed by atoms with Gasteiger partial charge in [-0.15, -0.1) is 0 Å². The molecule has 1 N–H and O–H groups in total. The Morgan fingerprint density at radius 3 is 2.40 bits per heavy atom. The van der Waals surface area contributed by atoms with E-state index in [1.807, 2.05) is 12.1 Å². The van der Waals surface area contributed by atoms with Gasteiger partial charge in [-0.2, -0.15) is 0 Å². The minimum Gasteiger partial charge on any atom is -0.353 e. The van der Waals surface area contributed by atoms with Crippen LogP contribution in [-0.4, -0.2) is 37.4 Å². The largest absolute Gasteiger partial charge is 0.353 e. The van der Waals surface area contributed by atoms with E-state index in [4.69, 9.17) is 0 Å². The van der Waals surface area contributed by atoms with Crippen molar-refractivity contribution in [3.63, 3.8) is 0 Å². The third-order valence-corrected chi connectivity index (χ3v) is 2.82. The predicted molar refractivity (Wildman–Crippen MR) is 81.4 cm³/mol. The monoisotopic (exact) mass is 274 g/mol. The third-order valence-electron chi connectivity index (χ3n) is 2.82. The molecule has 0 atom stereocenters. The maximum absolute atomic E-state index is 11.7. The molecule has 0 aliphatic heterocycles. The van der Waals surface area contributed by atoms with Gasteiger partial charge in [0.15, 0.2) is 0 Å². The summed E-state index contributed by atoms with van der Waals surface area (Å²) in [6.45, 7) is 2.79. The van der Waals surface area contributed by atoms with Crippen LogP contribution >= 0.6 is 0 Å². The van der Waals surface area contributed by atoms with Gasteiger partial charge in [0.05, 0.1) is 0 Å². The van der Waals surface area contributed by atoms with Crippen molar-refractivity contribution >= 4 is 17.9 Å². The van der Waals surface area contributed by atoms with Gasteiger partial charge < -0.3 is 10.2 Å². The van der Waals surface area contributed by atoms with Crippen molar-refractivity contribution < 1.29 is 9.59 Å². The Morgan fingerprint density at radius 1 is 1.20 bits per heavy atom. The number of carbonyl (C=O) groups excluding carboxylic acids is 2. The minimum atomic E-state index is -0.0908. The molecule has 0 saturated heterocycles. The first kappa shape index (κ1) is 16.0. The molecule has 20 heavy (non-hydrogen) atoms. The molecule has 108 valence electrons. The smallest absolute Gasteiger partial charge is 0.253 e. The molecule has 1 aromatic carbocycles. The van der Waals surface area contributed by atoms with Crippen LogP contribution in [0.3, 0.4) is 0 Å². The van der Waals surface area contributed by atoms with Crippen LogP contribution in [-0.2, 0) is 4.79 Å². The standard InChI is InChI=1S/C16H22N2O2/c1-4-5-12-17-15(19)11-8-13-6-9-14(10-7-13)16(20)18(2)3/h6-11H,4-5,12H2,1-3H3,(H,17,19)/b11-8+. The SMILES string of the molecule is CCCCNC(=O)/C=C/c1ccc(C(=O)N(C)C)cc1. The number of hydrogen-bond donors (Lipinski definition) is 1. The Hall–Kier alpha value is -2.10. The van der Waals surface area contributed by atoms with Crippen molar-refractivity contribution in [2.75, 3.05) is 20.6 Å². The number of benzene rings is 1. The average molecular weight is 274 g/mol. The fraction of sp³-hybridized carbons (Fsp3) is 0.375. The molecule has 1 rings (SSSR count). The fourth-order valence-electron chi connectivity index (χ4n) is 1.61. The molecule has 4 heteroatoms. The van der Waals surface area contributed by atoms with Crippen molar-refractivity contribution in [2.24, 2.45) is 0 Å². The van der Waals surface area contributed by atoms with Crippen LogP contribution < -0.4 is 5.32 Å². The Labute approximate surface area is 120 Å². The summed E-state index contributed by atoms with van der Waals surface area (Å²) in [5.41, 5.74) is 1.53. The molecular formula is C16H22N2O2. The molecule has 0 spiro atoms. The van der Waals surface area contributed by atoms with E-state index in [2.05, 4.69) is 12.2 Å². The molecule has 0 bridgehead atoms. The normalized spacial score (nSPS) is 10.6. The van der Waals surface area contributed by atoms with Crippen LogP contribution in [0.4, 0.5) is 0 Å². The molecule has 2 amide bonds. The van der Waals surface area contributed by atoms with E-state index in [0.29, 0.717) is 12.1 Å². The molecule has 0 saturated carbocycles. The van der Waals surface area contributed by atoms with Gasteiger partial charge in [-0.3, -0.25) is 9.59 Å². The van der Waals surface area contributed by atoms with Gasteiger partial charge in [-0.05, 0) is 30.2 Å². The summed E-state index contributed by atoms with van der Waals surface area (Å²) in [6, 6.07) is 7.17. The van der Waals surface area contributed by atoms with Crippen molar-refractivity contribution in [3.05, 3.63) is 41.5 Å². The molecule has 1 aromatic rings. The van der Waals surface area contributed by atoms with Crippen LogP contribution in [0.1, 0.15) is 35.7 Å². The Morgan fingerprint density at radius 2 is 1.85 bits per heavy atom. The summed E-state index contributed by atoms with van der Waals surface area (Å²) in [6.07, 6.45) is 5.30. The lowest BCUT2D eigenvalue weighted by atomic mass is 10.1. The summed E-state index contributed by atoms with van der Waals surface area (Å²) < 4.78 is 0. The lowest BCUT2D eigenvalue weighted by Gasteiger charge is -2.09. The highest BCUT2D eigenvalue weighted by molar-refractivity contribution is 5.94. The van der Waals surface area contributed by atoms with E-state index in [0.717, 1.165) is 18.4 Å². The van der Waals surface area contributed by atoms with Crippen LogP contribution in [0.5, 0.6) is 0 Å². The number of hydrogen-bond acceptors (Lipinski definition) is 2. The maximum Gasteiger partial charge on any atom is 0.253 e. The highest BCUT2D eigenvalue weighted by atomic mass is 16.2. The summed E-state index contributed by atoms with van der Waals surface area (Å²) >= 11 is 0. The van der Waals surface area contributed by atoms with Gasteiger partial charge in [-0.25, -0.2) is 0 Å². The maximum atomic E-state index is 11.7. The molecule has 0 radical (unpaired) electrons. The number of nitrogens with zero attached hydrogens (tertiary/aromatic N) is 1. The van der Waals surface area contributed by atoms with Gasteiger partial charge in [0, 0.05) is 32.3 Å². The summed E-state index contributed by atoms with van der Waals surface area (Å²) in [7, 11) is 3.44. The topological polar surface area (TPSA) is 49.4 Å². The lowest BCUT2D eigenvalue weighted by Crippen LogP contribution is -2.21. The number of nitrogens with one attached hydrogen (secondary N) is 1. The summed E-state index contributed by atoms with van der Waals surface area (Å²) in [5.74, 6) is -0.121. The third kappa shape index (κ3) is 5.26.